The van der Waals surface area contributed by atoms with Crippen molar-refractivity contribution in [2.75, 3.05) is 20.1 Å². The normalized spacial score (nSPS) is 15.2. The monoisotopic (exact) mass is 326 g/mol. The molecule has 0 aliphatic carbocycles. The van der Waals surface area contributed by atoms with Gasteiger partial charge in [-0.25, -0.2) is 4.98 Å². The summed E-state index contributed by atoms with van der Waals surface area (Å²) in [5.74, 6) is 0.811. The highest BCUT2D eigenvalue weighted by atomic mass is 16.1. The van der Waals surface area contributed by atoms with E-state index in [4.69, 9.17) is 4.98 Å². The van der Waals surface area contributed by atoms with Crippen molar-refractivity contribution in [3.05, 3.63) is 41.7 Å². The SMILES string of the molecule is CN1CCn2c(-c3ccccc3)nc(C(=O)NCC(C)(C)C)c2C1. The fourth-order valence-corrected chi connectivity index (χ4v) is 2.91. The number of amides is 1. The van der Waals surface area contributed by atoms with Crippen LogP contribution in [0.15, 0.2) is 30.3 Å². The number of carbonyl (C=O) groups is 1. The Hall–Kier alpha value is -2.14. The molecule has 1 aromatic carbocycles. The van der Waals surface area contributed by atoms with Crippen LogP contribution in [0.2, 0.25) is 0 Å². The molecule has 1 amide bonds. The molecule has 2 heterocycles. The molecule has 0 saturated carbocycles. The molecule has 0 bridgehead atoms. The number of aromatic nitrogens is 2. The second-order valence-electron chi connectivity index (χ2n) is 7.73. The number of nitrogens with zero attached hydrogens (tertiary/aromatic N) is 3. The minimum absolute atomic E-state index is 0.0501. The summed E-state index contributed by atoms with van der Waals surface area (Å²) >= 11 is 0. The van der Waals surface area contributed by atoms with E-state index in [0.29, 0.717) is 12.2 Å². The van der Waals surface area contributed by atoms with Crippen LogP contribution >= 0.6 is 0 Å². The minimum atomic E-state index is -0.0776. The van der Waals surface area contributed by atoms with Gasteiger partial charge in [0.05, 0.1) is 5.69 Å². The molecule has 128 valence electrons. The highest BCUT2D eigenvalue weighted by Gasteiger charge is 2.27. The maximum atomic E-state index is 12.7. The Morgan fingerprint density at radius 1 is 1.21 bits per heavy atom. The summed E-state index contributed by atoms with van der Waals surface area (Å²) in [6.07, 6.45) is 0. The van der Waals surface area contributed by atoms with Gasteiger partial charge in [-0.1, -0.05) is 51.1 Å². The van der Waals surface area contributed by atoms with Gasteiger partial charge in [0.2, 0.25) is 0 Å². The molecule has 0 fully saturated rings. The van der Waals surface area contributed by atoms with Crippen LogP contribution in [-0.4, -0.2) is 40.5 Å². The first-order valence-electron chi connectivity index (χ1n) is 8.47. The third-order valence-electron chi connectivity index (χ3n) is 4.22. The van der Waals surface area contributed by atoms with E-state index in [1.54, 1.807) is 0 Å². The predicted octanol–water partition coefficient (Wildman–Crippen LogP) is 2.77. The molecule has 1 aromatic heterocycles. The molecule has 0 radical (unpaired) electrons. The van der Waals surface area contributed by atoms with E-state index in [-0.39, 0.29) is 11.3 Å². The quantitative estimate of drug-likeness (QED) is 0.943. The zero-order valence-corrected chi connectivity index (χ0v) is 15.0. The molecule has 0 spiro atoms. The van der Waals surface area contributed by atoms with E-state index in [1.807, 2.05) is 30.3 Å². The molecule has 1 aliphatic rings. The molecule has 24 heavy (non-hydrogen) atoms. The summed E-state index contributed by atoms with van der Waals surface area (Å²) in [4.78, 5) is 19.7. The van der Waals surface area contributed by atoms with Crippen LogP contribution < -0.4 is 5.32 Å². The lowest BCUT2D eigenvalue weighted by molar-refractivity contribution is 0.0931. The molecule has 5 nitrogen and oxygen atoms in total. The van der Waals surface area contributed by atoms with Gasteiger partial charge in [-0.2, -0.15) is 0 Å². The average Bonchev–Trinajstić information content (AvgIpc) is 2.91. The van der Waals surface area contributed by atoms with E-state index in [1.165, 1.54) is 0 Å². The van der Waals surface area contributed by atoms with Crippen molar-refractivity contribution < 1.29 is 4.79 Å². The van der Waals surface area contributed by atoms with Gasteiger partial charge in [0.1, 0.15) is 5.82 Å². The number of carbonyl (C=O) groups excluding carboxylic acids is 1. The fourth-order valence-electron chi connectivity index (χ4n) is 2.91. The zero-order chi connectivity index (χ0) is 17.3. The van der Waals surface area contributed by atoms with E-state index in [9.17, 15) is 4.79 Å². The van der Waals surface area contributed by atoms with Gasteiger partial charge < -0.3 is 9.88 Å². The summed E-state index contributed by atoms with van der Waals surface area (Å²) in [5, 5.41) is 3.04. The average molecular weight is 326 g/mol. The lowest BCUT2D eigenvalue weighted by Gasteiger charge is -2.26. The van der Waals surface area contributed by atoms with Gasteiger partial charge in [-0.15, -0.1) is 0 Å². The van der Waals surface area contributed by atoms with Crippen molar-refractivity contribution in [2.24, 2.45) is 5.41 Å². The largest absolute Gasteiger partial charge is 0.350 e. The second kappa shape index (κ2) is 6.40. The molecule has 3 rings (SSSR count). The van der Waals surface area contributed by atoms with Gasteiger partial charge in [-0.3, -0.25) is 9.69 Å². The van der Waals surface area contributed by atoms with Gasteiger partial charge in [-0.05, 0) is 12.5 Å². The second-order valence-corrected chi connectivity index (χ2v) is 7.73. The van der Waals surface area contributed by atoms with Gasteiger partial charge in [0.15, 0.2) is 5.69 Å². The first kappa shape index (κ1) is 16.7. The first-order chi connectivity index (χ1) is 11.3. The van der Waals surface area contributed by atoms with Crippen molar-refractivity contribution in [2.45, 2.75) is 33.9 Å². The van der Waals surface area contributed by atoms with Crippen molar-refractivity contribution >= 4 is 5.91 Å². The zero-order valence-electron chi connectivity index (χ0n) is 15.0. The van der Waals surface area contributed by atoms with Gasteiger partial charge in [0.25, 0.3) is 5.91 Å². The van der Waals surface area contributed by atoms with Crippen LogP contribution in [0.5, 0.6) is 0 Å². The molecule has 5 heteroatoms. The summed E-state index contributed by atoms with van der Waals surface area (Å²) in [6.45, 7) is 9.53. The number of fused-ring (bicyclic) bond motifs is 1. The number of hydrogen-bond acceptors (Lipinski definition) is 3. The van der Waals surface area contributed by atoms with Crippen molar-refractivity contribution in [3.63, 3.8) is 0 Å². The topological polar surface area (TPSA) is 50.2 Å². The van der Waals surface area contributed by atoms with Gasteiger partial charge >= 0.3 is 0 Å². The third kappa shape index (κ3) is 3.51. The van der Waals surface area contributed by atoms with E-state index >= 15 is 0 Å². The summed E-state index contributed by atoms with van der Waals surface area (Å²) in [5.41, 5.74) is 2.67. The lowest BCUT2D eigenvalue weighted by atomic mass is 9.97. The van der Waals surface area contributed by atoms with Crippen LogP contribution in [0.1, 0.15) is 37.0 Å². The summed E-state index contributed by atoms with van der Waals surface area (Å²) in [6, 6.07) is 10.1. The Balaban J connectivity index is 1.97. The molecule has 1 N–H and O–H groups in total. The summed E-state index contributed by atoms with van der Waals surface area (Å²) in [7, 11) is 2.08. The van der Waals surface area contributed by atoms with Crippen LogP contribution in [0, 0.1) is 5.41 Å². The first-order valence-corrected chi connectivity index (χ1v) is 8.47. The standard InChI is InChI=1S/C19H26N4O/c1-19(2,3)13-20-18(24)16-15-12-22(4)10-11-23(15)17(21-16)14-8-6-5-7-9-14/h5-9H,10-13H2,1-4H3,(H,20,24). The molecule has 1 aliphatic heterocycles. The Bertz CT molecular complexity index is 728. The van der Waals surface area contributed by atoms with E-state index in [0.717, 1.165) is 36.7 Å². The highest BCUT2D eigenvalue weighted by molar-refractivity contribution is 5.94. The molecular formula is C19H26N4O. The fraction of sp³-hybridized carbons (Fsp3) is 0.474. The maximum absolute atomic E-state index is 12.7. The molecule has 2 aromatic rings. The van der Waals surface area contributed by atoms with Gasteiger partial charge in [0, 0.05) is 31.7 Å². The Labute approximate surface area is 143 Å². The third-order valence-corrected chi connectivity index (χ3v) is 4.22. The van der Waals surface area contributed by atoms with Crippen molar-refractivity contribution in [1.29, 1.82) is 0 Å². The Morgan fingerprint density at radius 3 is 2.58 bits per heavy atom. The molecule has 0 unspecified atom stereocenters. The molecular weight excluding hydrogens is 300 g/mol. The van der Waals surface area contributed by atoms with Crippen molar-refractivity contribution in [3.8, 4) is 11.4 Å². The smallest absolute Gasteiger partial charge is 0.271 e. The minimum Gasteiger partial charge on any atom is -0.350 e. The molecule has 0 atom stereocenters. The Morgan fingerprint density at radius 2 is 1.92 bits per heavy atom. The number of benzene rings is 1. The van der Waals surface area contributed by atoms with Crippen LogP contribution in [0.3, 0.4) is 0 Å². The van der Waals surface area contributed by atoms with Crippen molar-refractivity contribution in [1.82, 2.24) is 19.8 Å². The van der Waals surface area contributed by atoms with E-state index < -0.39 is 0 Å². The number of imidazole rings is 1. The number of hydrogen-bond donors (Lipinski definition) is 1. The van der Waals surface area contributed by atoms with Crippen LogP contribution in [0.4, 0.5) is 0 Å². The molecule has 0 saturated heterocycles. The number of nitrogens with one attached hydrogen (secondary N) is 1. The van der Waals surface area contributed by atoms with E-state index in [2.05, 4.69) is 42.6 Å². The van der Waals surface area contributed by atoms with Crippen LogP contribution in [0.25, 0.3) is 11.4 Å². The highest BCUT2D eigenvalue weighted by Crippen LogP contribution is 2.26. The van der Waals surface area contributed by atoms with Crippen LogP contribution in [-0.2, 0) is 13.1 Å². The predicted molar refractivity (Wildman–Crippen MR) is 95.8 cm³/mol. The number of rotatable bonds is 3. The number of likely N-dealkylation sites (N-methyl/N-ethyl adjacent to an activating group) is 1. The Kier molecular flexibility index (Phi) is 4.45. The lowest BCUT2D eigenvalue weighted by Crippen LogP contribution is -2.35. The summed E-state index contributed by atoms with van der Waals surface area (Å²) < 4.78 is 2.20. The maximum Gasteiger partial charge on any atom is 0.271 e.